The highest BCUT2D eigenvalue weighted by Crippen LogP contribution is 2.41. The van der Waals surface area contributed by atoms with Crippen molar-refractivity contribution >= 4 is 22.9 Å². The Kier molecular flexibility index (Phi) is 3.42. The Bertz CT molecular complexity index is 870. The van der Waals surface area contributed by atoms with Crippen molar-refractivity contribution in [3.63, 3.8) is 0 Å². The van der Waals surface area contributed by atoms with Crippen LogP contribution >= 0.6 is 11.3 Å². The van der Waals surface area contributed by atoms with Crippen LogP contribution in [0.15, 0.2) is 40.1 Å². The number of nitrogens with one attached hydrogen (secondary N) is 1. The molecular formula is C16H12FN3O2S. The number of benzene rings is 1. The fourth-order valence-corrected chi connectivity index (χ4v) is 3.00. The highest BCUT2D eigenvalue weighted by molar-refractivity contribution is 7.14. The van der Waals surface area contributed by atoms with Crippen LogP contribution in [0.3, 0.4) is 0 Å². The number of amides is 1. The minimum absolute atomic E-state index is 0.00570. The Morgan fingerprint density at radius 1 is 1.26 bits per heavy atom. The molecule has 1 saturated carbocycles. The summed E-state index contributed by atoms with van der Waals surface area (Å²) in [6.07, 6.45) is 2.14. The van der Waals surface area contributed by atoms with Crippen LogP contribution in [-0.4, -0.2) is 16.1 Å². The maximum atomic E-state index is 13.7. The van der Waals surface area contributed by atoms with Crippen molar-refractivity contribution in [1.82, 2.24) is 10.2 Å². The molecular weight excluding hydrogens is 317 g/mol. The first-order valence-electron chi connectivity index (χ1n) is 7.19. The number of rotatable bonds is 4. The van der Waals surface area contributed by atoms with Gasteiger partial charge in [-0.05, 0) is 36.4 Å². The molecule has 1 amide bonds. The van der Waals surface area contributed by atoms with Gasteiger partial charge in [-0.1, -0.05) is 12.1 Å². The van der Waals surface area contributed by atoms with Gasteiger partial charge in [0.1, 0.15) is 10.7 Å². The zero-order valence-corrected chi connectivity index (χ0v) is 12.8. The lowest BCUT2D eigenvalue weighted by Crippen LogP contribution is -2.13. The molecule has 3 aromatic rings. The quantitative estimate of drug-likeness (QED) is 0.783. The van der Waals surface area contributed by atoms with Crippen molar-refractivity contribution in [2.24, 2.45) is 0 Å². The molecule has 0 atom stereocenters. The van der Waals surface area contributed by atoms with Gasteiger partial charge in [0.25, 0.3) is 11.8 Å². The number of hydrogen-bond acceptors (Lipinski definition) is 5. The first-order chi connectivity index (χ1) is 11.2. The number of carbonyl (C=O) groups is 1. The predicted molar refractivity (Wildman–Crippen MR) is 83.9 cm³/mol. The van der Waals surface area contributed by atoms with Crippen molar-refractivity contribution < 1.29 is 13.6 Å². The number of hydrogen-bond donors (Lipinski definition) is 1. The monoisotopic (exact) mass is 329 g/mol. The van der Waals surface area contributed by atoms with Crippen molar-refractivity contribution in [2.75, 3.05) is 5.32 Å². The van der Waals surface area contributed by atoms with Gasteiger partial charge in [-0.25, -0.2) is 4.39 Å². The molecule has 1 N–H and O–H groups in total. The molecule has 0 spiro atoms. The smallest absolute Gasteiger partial charge is 0.259 e. The molecule has 1 aromatic carbocycles. The van der Waals surface area contributed by atoms with Crippen LogP contribution in [-0.2, 0) is 0 Å². The van der Waals surface area contributed by atoms with E-state index in [1.165, 1.54) is 23.5 Å². The maximum Gasteiger partial charge on any atom is 0.259 e. The molecule has 116 valence electrons. The third-order valence-corrected chi connectivity index (χ3v) is 4.50. The van der Waals surface area contributed by atoms with Gasteiger partial charge in [0.15, 0.2) is 0 Å². The van der Waals surface area contributed by atoms with Crippen molar-refractivity contribution in [2.45, 2.75) is 18.8 Å². The average molecular weight is 329 g/mol. The van der Waals surface area contributed by atoms with E-state index in [4.69, 9.17) is 4.42 Å². The fraction of sp³-hybridized carbons (Fsp3) is 0.188. The molecule has 0 saturated heterocycles. The van der Waals surface area contributed by atoms with E-state index in [-0.39, 0.29) is 5.56 Å². The van der Waals surface area contributed by atoms with Crippen molar-refractivity contribution in [3.05, 3.63) is 53.0 Å². The summed E-state index contributed by atoms with van der Waals surface area (Å²) in [7, 11) is 0. The second kappa shape index (κ2) is 5.58. The van der Waals surface area contributed by atoms with Crippen molar-refractivity contribution in [1.29, 1.82) is 0 Å². The van der Waals surface area contributed by atoms with E-state index in [1.54, 1.807) is 18.2 Å². The molecule has 23 heavy (non-hydrogen) atoms. The molecule has 7 heteroatoms. The van der Waals surface area contributed by atoms with Crippen LogP contribution in [0.25, 0.3) is 10.8 Å². The van der Waals surface area contributed by atoms with E-state index in [2.05, 4.69) is 15.5 Å². The van der Waals surface area contributed by atoms with Crippen LogP contribution in [0.4, 0.5) is 10.1 Å². The van der Waals surface area contributed by atoms with Crippen molar-refractivity contribution in [3.8, 4) is 10.8 Å². The normalized spacial score (nSPS) is 14.0. The number of thiophene rings is 1. The van der Waals surface area contributed by atoms with E-state index >= 15 is 0 Å². The summed E-state index contributed by atoms with van der Waals surface area (Å²) >= 11 is 1.38. The van der Waals surface area contributed by atoms with Crippen LogP contribution in [0.1, 0.15) is 35.0 Å². The summed E-state index contributed by atoms with van der Waals surface area (Å²) in [5, 5.41) is 12.6. The molecule has 5 nitrogen and oxygen atoms in total. The number of carbonyl (C=O) groups excluding carboxylic acids is 1. The summed E-state index contributed by atoms with van der Waals surface area (Å²) in [5.41, 5.74) is 0.531. The van der Waals surface area contributed by atoms with E-state index < -0.39 is 11.7 Å². The fourth-order valence-electron chi connectivity index (χ4n) is 2.23. The van der Waals surface area contributed by atoms with Gasteiger partial charge in [-0.15, -0.1) is 21.5 Å². The number of halogens is 1. The van der Waals surface area contributed by atoms with Gasteiger partial charge in [0.05, 0.1) is 11.3 Å². The molecule has 0 aliphatic heterocycles. The Morgan fingerprint density at radius 2 is 2.09 bits per heavy atom. The molecule has 1 aliphatic carbocycles. The Labute approximate surface area is 135 Å². The predicted octanol–water partition coefficient (Wildman–Crippen LogP) is 4.07. The largest absolute Gasteiger partial charge is 0.420 e. The van der Waals surface area contributed by atoms with Crippen LogP contribution in [0.5, 0.6) is 0 Å². The van der Waals surface area contributed by atoms with Gasteiger partial charge >= 0.3 is 0 Å². The summed E-state index contributed by atoms with van der Waals surface area (Å²) in [4.78, 5) is 12.9. The van der Waals surface area contributed by atoms with Crippen LogP contribution < -0.4 is 5.32 Å². The topological polar surface area (TPSA) is 68.0 Å². The first kappa shape index (κ1) is 14.1. The number of aromatic nitrogens is 2. The molecule has 2 heterocycles. The second-order valence-electron chi connectivity index (χ2n) is 5.32. The first-order valence-corrected chi connectivity index (χ1v) is 8.07. The molecule has 4 rings (SSSR count). The SMILES string of the molecule is O=C(Nc1ccsc1-c1nnc(C2CC2)o1)c1ccccc1F. The summed E-state index contributed by atoms with van der Waals surface area (Å²) < 4.78 is 19.4. The second-order valence-corrected chi connectivity index (χ2v) is 6.23. The van der Waals surface area contributed by atoms with E-state index in [1.807, 2.05) is 5.38 Å². The lowest BCUT2D eigenvalue weighted by atomic mass is 10.2. The molecule has 0 bridgehead atoms. The molecule has 0 unspecified atom stereocenters. The Hall–Kier alpha value is -2.54. The van der Waals surface area contributed by atoms with Gasteiger partial charge in [-0.2, -0.15) is 0 Å². The number of anilines is 1. The Morgan fingerprint density at radius 3 is 2.87 bits per heavy atom. The summed E-state index contributed by atoms with van der Waals surface area (Å²) in [5.74, 6) is 0.318. The highest BCUT2D eigenvalue weighted by atomic mass is 32.1. The minimum Gasteiger partial charge on any atom is -0.420 e. The Balaban J connectivity index is 1.59. The molecule has 2 aromatic heterocycles. The number of nitrogens with zero attached hydrogens (tertiary/aromatic N) is 2. The van der Waals surface area contributed by atoms with E-state index in [0.29, 0.717) is 28.3 Å². The highest BCUT2D eigenvalue weighted by Gasteiger charge is 2.30. The lowest BCUT2D eigenvalue weighted by Gasteiger charge is -2.05. The maximum absolute atomic E-state index is 13.7. The van der Waals surface area contributed by atoms with Crippen LogP contribution in [0, 0.1) is 5.82 Å². The standard InChI is InChI=1S/C16H12FN3O2S/c17-11-4-2-1-3-10(11)14(21)18-12-7-8-23-13(12)16-20-19-15(22-16)9-5-6-9/h1-4,7-9H,5-6H2,(H,18,21). The summed E-state index contributed by atoms with van der Waals surface area (Å²) in [6.45, 7) is 0. The summed E-state index contributed by atoms with van der Waals surface area (Å²) in [6, 6.07) is 7.59. The van der Waals surface area contributed by atoms with Gasteiger partial charge in [0, 0.05) is 5.92 Å². The molecule has 1 fully saturated rings. The minimum atomic E-state index is -0.560. The molecule has 1 aliphatic rings. The average Bonchev–Trinajstić information content (AvgIpc) is 3.10. The zero-order valence-electron chi connectivity index (χ0n) is 12.0. The van der Waals surface area contributed by atoms with E-state index in [0.717, 1.165) is 12.8 Å². The van der Waals surface area contributed by atoms with Gasteiger partial charge < -0.3 is 9.73 Å². The lowest BCUT2D eigenvalue weighted by molar-refractivity contribution is 0.102. The van der Waals surface area contributed by atoms with Crippen LogP contribution in [0.2, 0.25) is 0 Å². The van der Waals surface area contributed by atoms with E-state index in [9.17, 15) is 9.18 Å². The third kappa shape index (κ3) is 2.75. The molecule has 0 radical (unpaired) electrons. The van der Waals surface area contributed by atoms with Gasteiger partial charge in [-0.3, -0.25) is 4.79 Å². The third-order valence-electron chi connectivity index (χ3n) is 3.59. The van der Waals surface area contributed by atoms with Gasteiger partial charge in [0.2, 0.25) is 5.89 Å². The zero-order chi connectivity index (χ0) is 15.8.